The van der Waals surface area contributed by atoms with Gasteiger partial charge in [-0.3, -0.25) is 14.9 Å². The summed E-state index contributed by atoms with van der Waals surface area (Å²) >= 11 is 0. The van der Waals surface area contributed by atoms with Crippen LogP contribution in [-0.4, -0.2) is 39.5 Å². The molecule has 0 aromatic heterocycles. The molecule has 1 aliphatic carbocycles. The molecule has 1 aromatic rings. The molecule has 1 heterocycles. The summed E-state index contributed by atoms with van der Waals surface area (Å²) in [5, 5.41) is 21.1. The fourth-order valence-electron chi connectivity index (χ4n) is 2.78. The number of carbonyl (C=O) groups excluding carboxylic acids is 1. The quantitative estimate of drug-likeness (QED) is 0.659. The van der Waals surface area contributed by atoms with Crippen LogP contribution >= 0.6 is 0 Å². The van der Waals surface area contributed by atoms with Gasteiger partial charge in [0, 0.05) is 11.6 Å². The number of nitro benzene ring substituents is 1. The van der Waals surface area contributed by atoms with Crippen molar-refractivity contribution in [3.63, 3.8) is 0 Å². The molecule has 1 aliphatic heterocycles. The molecule has 1 N–H and O–H groups in total. The van der Waals surface area contributed by atoms with Crippen molar-refractivity contribution in [2.75, 3.05) is 13.1 Å². The van der Waals surface area contributed by atoms with E-state index in [1.54, 1.807) is 23.1 Å². The number of aliphatic hydroxyl groups is 1. The summed E-state index contributed by atoms with van der Waals surface area (Å²) in [4.78, 5) is 24.1. The number of rotatable bonds is 4. The summed E-state index contributed by atoms with van der Waals surface area (Å²) < 4.78 is 0. The normalized spacial score (nSPS) is 20.4. The van der Waals surface area contributed by atoms with Crippen molar-refractivity contribution in [1.82, 2.24) is 4.90 Å². The van der Waals surface area contributed by atoms with Crippen molar-refractivity contribution in [3.8, 4) is 0 Å². The Morgan fingerprint density at radius 3 is 2.65 bits per heavy atom. The van der Waals surface area contributed by atoms with Gasteiger partial charge in [-0.25, -0.2) is 0 Å². The third-order valence-electron chi connectivity index (χ3n) is 4.15. The first kappa shape index (κ1) is 13.1. The molecule has 2 aliphatic rings. The largest absolute Gasteiger partial charge is 0.386 e. The molecular formula is C14H16N2O4. The summed E-state index contributed by atoms with van der Waals surface area (Å²) in [6.07, 6.45) is 2.07. The van der Waals surface area contributed by atoms with Crippen LogP contribution in [0, 0.1) is 16.0 Å². The predicted octanol–water partition coefficient (Wildman–Crippen LogP) is 1.12. The molecule has 0 radical (unpaired) electrons. The lowest BCUT2D eigenvalue weighted by Gasteiger charge is -2.47. The lowest BCUT2D eigenvalue weighted by molar-refractivity contribution is -0.385. The van der Waals surface area contributed by atoms with Crippen LogP contribution in [0.1, 0.15) is 18.4 Å². The molecular weight excluding hydrogens is 260 g/mol. The molecule has 1 saturated carbocycles. The standard InChI is InChI=1S/C14H16N2O4/c17-13(15-8-14(18,9-15)11-5-6-11)7-10-3-1-2-4-12(10)16(19)20/h1-4,11,18H,5-9H2. The number of carbonyl (C=O) groups is 1. The maximum atomic E-state index is 12.1. The summed E-state index contributed by atoms with van der Waals surface area (Å²) in [5.41, 5.74) is -0.318. The number of hydrogen-bond donors (Lipinski definition) is 1. The number of para-hydroxylation sites is 1. The molecule has 3 rings (SSSR count). The molecule has 6 nitrogen and oxygen atoms in total. The summed E-state index contributed by atoms with van der Waals surface area (Å²) in [7, 11) is 0. The van der Waals surface area contributed by atoms with E-state index in [-0.39, 0.29) is 18.0 Å². The fraction of sp³-hybridized carbons (Fsp3) is 0.500. The van der Waals surface area contributed by atoms with Gasteiger partial charge < -0.3 is 10.0 Å². The van der Waals surface area contributed by atoms with Crippen molar-refractivity contribution in [2.45, 2.75) is 24.9 Å². The number of benzene rings is 1. The highest BCUT2D eigenvalue weighted by atomic mass is 16.6. The zero-order valence-electron chi connectivity index (χ0n) is 11.0. The Labute approximate surface area is 116 Å². The molecule has 6 heteroatoms. The minimum absolute atomic E-state index is 0.0118. The molecule has 2 fully saturated rings. The van der Waals surface area contributed by atoms with Crippen LogP contribution in [0.2, 0.25) is 0 Å². The van der Waals surface area contributed by atoms with Crippen LogP contribution in [0.3, 0.4) is 0 Å². The lowest BCUT2D eigenvalue weighted by atomic mass is 9.88. The number of hydrogen-bond acceptors (Lipinski definition) is 4. The fourth-order valence-corrected chi connectivity index (χ4v) is 2.78. The number of amides is 1. The van der Waals surface area contributed by atoms with Crippen LogP contribution in [-0.2, 0) is 11.2 Å². The third kappa shape index (κ3) is 2.27. The van der Waals surface area contributed by atoms with E-state index in [2.05, 4.69) is 0 Å². The lowest BCUT2D eigenvalue weighted by Crippen LogP contribution is -2.65. The van der Waals surface area contributed by atoms with Crippen molar-refractivity contribution in [3.05, 3.63) is 39.9 Å². The number of nitro groups is 1. The van der Waals surface area contributed by atoms with Gasteiger partial charge in [0.1, 0.15) is 5.60 Å². The Balaban J connectivity index is 1.64. The van der Waals surface area contributed by atoms with Gasteiger partial charge in [-0.2, -0.15) is 0 Å². The topological polar surface area (TPSA) is 83.7 Å². The van der Waals surface area contributed by atoms with Gasteiger partial charge in [0.2, 0.25) is 5.91 Å². The maximum absolute atomic E-state index is 12.1. The molecule has 1 amide bonds. The third-order valence-corrected chi connectivity index (χ3v) is 4.15. The summed E-state index contributed by atoms with van der Waals surface area (Å²) in [6, 6.07) is 6.27. The second kappa shape index (κ2) is 4.56. The summed E-state index contributed by atoms with van der Waals surface area (Å²) in [5.74, 6) is 0.169. The van der Waals surface area contributed by atoms with Crippen LogP contribution < -0.4 is 0 Å². The van der Waals surface area contributed by atoms with Gasteiger partial charge in [-0.05, 0) is 18.8 Å². The predicted molar refractivity (Wildman–Crippen MR) is 71.1 cm³/mol. The van der Waals surface area contributed by atoms with Crippen molar-refractivity contribution in [1.29, 1.82) is 0 Å². The van der Waals surface area contributed by atoms with E-state index >= 15 is 0 Å². The summed E-state index contributed by atoms with van der Waals surface area (Å²) in [6.45, 7) is 0.717. The molecule has 20 heavy (non-hydrogen) atoms. The van der Waals surface area contributed by atoms with Crippen molar-refractivity contribution in [2.24, 2.45) is 5.92 Å². The molecule has 0 bridgehead atoms. The highest BCUT2D eigenvalue weighted by molar-refractivity contribution is 5.81. The highest BCUT2D eigenvalue weighted by Gasteiger charge is 2.53. The number of likely N-dealkylation sites (tertiary alicyclic amines) is 1. The van der Waals surface area contributed by atoms with Crippen LogP contribution in [0.25, 0.3) is 0 Å². The van der Waals surface area contributed by atoms with Gasteiger partial charge in [0.25, 0.3) is 5.69 Å². The Hall–Kier alpha value is -1.95. The van der Waals surface area contributed by atoms with Gasteiger partial charge in [-0.15, -0.1) is 0 Å². The second-order valence-electron chi connectivity index (χ2n) is 5.69. The molecule has 1 saturated heterocycles. The number of β-amino-alcohol motifs (C(OH)–C–C–N with tert-alkyl or cyclic N) is 1. The van der Waals surface area contributed by atoms with Crippen LogP contribution in [0.4, 0.5) is 5.69 Å². The average molecular weight is 276 g/mol. The van der Waals surface area contributed by atoms with Crippen molar-refractivity contribution >= 4 is 11.6 Å². The van der Waals surface area contributed by atoms with Gasteiger partial charge in [0.05, 0.1) is 24.4 Å². The van der Waals surface area contributed by atoms with Crippen LogP contribution in [0.5, 0.6) is 0 Å². The first-order valence-corrected chi connectivity index (χ1v) is 6.72. The van der Waals surface area contributed by atoms with E-state index in [1.807, 2.05) is 0 Å². The SMILES string of the molecule is O=C(Cc1ccccc1[N+](=O)[O-])N1CC(O)(C2CC2)C1. The van der Waals surface area contributed by atoms with E-state index in [0.717, 1.165) is 12.8 Å². The van der Waals surface area contributed by atoms with E-state index in [9.17, 15) is 20.0 Å². The van der Waals surface area contributed by atoms with E-state index < -0.39 is 10.5 Å². The van der Waals surface area contributed by atoms with Gasteiger partial charge >= 0.3 is 0 Å². The molecule has 0 unspecified atom stereocenters. The minimum Gasteiger partial charge on any atom is -0.386 e. The monoisotopic (exact) mass is 276 g/mol. The first-order chi connectivity index (χ1) is 9.49. The zero-order chi connectivity index (χ0) is 14.3. The molecule has 0 atom stereocenters. The van der Waals surface area contributed by atoms with Gasteiger partial charge in [-0.1, -0.05) is 18.2 Å². The Bertz CT molecular complexity index is 562. The van der Waals surface area contributed by atoms with E-state index in [4.69, 9.17) is 0 Å². The Morgan fingerprint density at radius 1 is 1.40 bits per heavy atom. The minimum atomic E-state index is -0.710. The Morgan fingerprint density at radius 2 is 2.05 bits per heavy atom. The highest BCUT2D eigenvalue weighted by Crippen LogP contribution is 2.44. The number of nitrogens with zero attached hydrogens (tertiary/aromatic N) is 2. The molecule has 106 valence electrons. The maximum Gasteiger partial charge on any atom is 0.273 e. The van der Waals surface area contributed by atoms with Crippen molar-refractivity contribution < 1.29 is 14.8 Å². The average Bonchev–Trinajstić information content (AvgIpc) is 3.19. The van der Waals surface area contributed by atoms with Gasteiger partial charge in [0.15, 0.2) is 0 Å². The second-order valence-corrected chi connectivity index (χ2v) is 5.69. The van der Waals surface area contributed by atoms with Crippen LogP contribution in [0.15, 0.2) is 24.3 Å². The first-order valence-electron chi connectivity index (χ1n) is 6.72. The molecule has 1 aromatic carbocycles. The Kier molecular flexibility index (Phi) is 2.97. The van der Waals surface area contributed by atoms with E-state index in [0.29, 0.717) is 24.6 Å². The molecule has 0 spiro atoms. The smallest absolute Gasteiger partial charge is 0.273 e. The zero-order valence-corrected chi connectivity index (χ0v) is 11.0. The van der Waals surface area contributed by atoms with E-state index in [1.165, 1.54) is 6.07 Å².